The van der Waals surface area contributed by atoms with Gasteiger partial charge in [0, 0.05) is 12.0 Å². The predicted octanol–water partition coefficient (Wildman–Crippen LogP) is 3.28. The Morgan fingerprint density at radius 2 is 2.12 bits per heavy atom. The highest BCUT2D eigenvalue weighted by atomic mass is 14.9. The molecule has 17 heavy (non-hydrogen) atoms. The fourth-order valence-corrected chi connectivity index (χ4v) is 3.69. The van der Waals surface area contributed by atoms with Crippen molar-refractivity contribution in [3.63, 3.8) is 0 Å². The van der Waals surface area contributed by atoms with E-state index in [1.165, 1.54) is 38.6 Å². The molecule has 3 rings (SSSR count). The van der Waals surface area contributed by atoms with Crippen LogP contribution in [0.1, 0.15) is 43.7 Å². The average Bonchev–Trinajstić information content (AvgIpc) is 3.21. The van der Waals surface area contributed by atoms with Gasteiger partial charge in [-0.1, -0.05) is 31.2 Å². The Morgan fingerprint density at radius 3 is 2.88 bits per heavy atom. The van der Waals surface area contributed by atoms with Gasteiger partial charge in [0.2, 0.25) is 0 Å². The summed E-state index contributed by atoms with van der Waals surface area (Å²) in [5, 5.41) is 3.62. The first-order valence-corrected chi connectivity index (χ1v) is 7.16. The van der Waals surface area contributed by atoms with Crippen LogP contribution in [-0.2, 0) is 11.8 Å². The van der Waals surface area contributed by atoms with E-state index in [2.05, 4.69) is 36.5 Å². The van der Waals surface area contributed by atoms with Crippen molar-refractivity contribution in [2.75, 3.05) is 13.1 Å². The van der Waals surface area contributed by atoms with E-state index in [1.807, 2.05) is 0 Å². The van der Waals surface area contributed by atoms with Crippen molar-refractivity contribution in [1.29, 1.82) is 0 Å². The maximum Gasteiger partial charge on any atom is 0.0109 e. The van der Waals surface area contributed by atoms with Crippen molar-refractivity contribution in [2.45, 2.75) is 44.4 Å². The monoisotopic (exact) mass is 229 g/mol. The summed E-state index contributed by atoms with van der Waals surface area (Å²) in [6.07, 6.45) is 6.94. The Hall–Kier alpha value is -0.820. The largest absolute Gasteiger partial charge is 0.316 e. The zero-order chi connectivity index (χ0) is 11.7. The highest BCUT2D eigenvalue weighted by Gasteiger charge is 2.47. The maximum atomic E-state index is 3.62. The molecule has 92 valence electrons. The van der Waals surface area contributed by atoms with Gasteiger partial charge >= 0.3 is 0 Å². The van der Waals surface area contributed by atoms with E-state index in [0.29, 0.717) is 5.41 Å². The molecule has 2 aliphatic carbocycles. The summed E-state index contributed by atoms with van der Waals surface area (Å²) in [7, 11) is 0. The van der Waals surface area contributed by atoms with Crippen molar-refractivity contribution in [1.82, 2.24) is 5.32 Å². The average molecular weight is 229 g/mol. The maximum absolute atomic E-state index is 3.62. The summed E-state index contributed by atoms with van der Waals surface area (Å²) in [6.45, 7) is 4.50. The van der Waals surface area contributed by atoms with Gasteiger partial charge in [-0.15, -0.1) is 0 Å². The molecular weight excluding hydrogens is 206 g/mol. The molecule has 1 nitrogen and oxygen atoms in total. The molecule has 1 aromatic rings. The van der Waals surface area contributed by atoms with E-state index < -0.39 is 0 Å². The predicted molar refractivity (Wildman–Crippen MR) is 72.3 cm³/mol. The third kappa shape index (κ3) is 1.91. The molecule has 1 saturated carbocycles. The molecule has 1 fully saturated rings. The molecule has 0 aromatic heterocycles. The summed E-state index contributed by atoms with van der Waals surface area (Å²) in [4.78, 5) is 0. The van der Waals surface area contributed by atoms with Crippen molar-refractivity contribution >= 4 is 0 Å². The summed E-state index contributed by atoms with van der Waals surface area (Å²) in [5.74, 6) is 0.947. The Morgan fingerprint density at radius 1 is 1.29 bits per heavy atom. The molecule has 0 bridgehead atoms. The third-order valence-electron chi connectivity index (χ3n) is 4.67. The number of hydrogen-bond donors (Lipinski definition) is 1. The van der Waals surface area contributed by atoms with Gasteiger partial charge < -0.3 is 5.32 Å². The lowest BCUT2D eigenvalue weighted by Crippen LogP contribution is -2.42. The molecule has 2 aliphatic rings. The molecular formula is C16H23N. The standard InChI is InChI=1S/C16H23N/c1-2-17-12-16(14-9-10-14)11-5-7-13-6-3-4-8-15(13)16/h3-4,6,8,14,17H,2,5,7,9-12H2,1H3. The lowest BCUT2D eigenvalue weighted by atomic mass is 9.66. The number of rotatable bonds is 4. The van der Waals surface area contributed by atoms with Crippen LogP contribution in [0, 0.1) is 5.92 Å². The molecule has 1 N–H and O–H groups in total. The van der Waals surface area contributed by atoms with Gasteiger partial charge in [0.25, 0.3) is 0 Å². The van der Waals surface area contributed by atoms with Crippen LogP contribution in [-0.4, -0.2) is 13.1 Å². The zero-order valence-electron chi connectivity index (χ0n) is 10.8. The molecule has 1 aromatic carbocycles. The van der Waals surface area contributed by atoms with Crippen LogP contribution < -0.4 is 5.32 Å². The van der Waals surface area contributed by atoms with Crippen LogP contribution in [0.15, 0.2) is 24.3 Å². The summed E-state index contributed by atoms with van der Waals surface area (Å²) in [6, 6.07) is 9.17. The van der Waals surface area contributed by atoms with E-state index in [-0.39, 0.29) is 0 Å². The number of fused-ring (bicyclic) bond motifs is 1. The number of likely N-dealkylation sites (N-methyl/N-ethyl adjacent to an activating group) is 1. The van der Waals surface area contributed by atoms with Gasteiger partial charge in [0.1, 0.15) is 0 Å². The first-order valence-electron chi connectivity index (χ1n) is 7.16. The van der Waals surface area contributed by atoms with Crippen LogP contribution in [0.3, 0.4) is 0 Å². The molecule has 0 heterocycles. The van der Waals surface area contributed by atoms with Crippen molar-refractivity contribution in [3.05, 3.63) is 35.4 Å². The fourth-order valence-electron chi connectivity index (χ4n) is 3.69. The lowest BCUT2D eigenvalue weighted by Gasteiger charge is -2.40. The third-order valence-corrected chi connectivity index (χ3v) is 4.67. The van der Waals surface area contributed by atoms with Crippen LogP contribution in [0.25, 0.3) is 0 Å². The van der Waals surface area contributed by atoms with Crippen LogP contribution in [0.4, 0.5) is 0 Å². The molecule has 0 aliphatic heterocycles. The molecule has 1 heteroatoms. The number of nitrogens with one attached hydrogen (secondary N) is 1. The molecule has 1 unspecified atom stereocenters. The Labute approximate surface area is 105 Å². The van der Waals surface area contributed by atoms with Gasteiger partial charge in [-0.25, -0.2) is 0 Å². The van der Waals surface area contributed by atoms with E-state index in [0.717, 1.165) is 12.5 Å². The lowest BCUT2D eigenvalue weighted by molar-refractivity contribution is 0.299. The molecule has 0 spiro atoms. The number of benzene rings is 1. The first kappa shape index (κ1) is 11.3. The molecule has 0 amide bonds. The van der Waals surface area contributed by atoms with E-state index in [9.17, 15) is 0 Å². The topological polar surface area (TPSA) is 12.0 Å². The van der Waals surface area contributed by atoms with Gasteiger partial charge in [-0.2, -0.15) is 0 Å². The smallest absolute Gasteiger partial charge is 0.0109 e. The molecule has 0 saturated heterocycles. The second kappa shape index (κ2) is 4.45. The van der Waals surface area contributed by atoms with Gasteiger partial charge in [0.15, 0.2) is 0 Å². The van der Waals surface area contributed by atoms with E-state index in [1.54, 1.807) is 11.1 Å². The second-order valence-corrected chi connectivity index (χ2v) is 5.72. The summed E-state index contributed by atoms with van der Waals surface area (Å²) < 4.78 is 0. The van der Waals surface area contributed by atoms with E-state index in [4.69, 9.17) is 0 Å². The van der Waals surface area contributed by atoms with Crippen LogP contribution in [0.2, 0.25) is 0 Å². The zero-order valence-corrected chi connectivity index (χ0v) is 10.8. The van der Waals surface area contributed by atoms with Crippen LogP contribution >= 0.6 is 0 Å². The quantitative estimate of drug-likeness (QED) is 0.835. The summed E-state index contributed by atoms with van der Waals surface area (Å²) in [5.41, 5.74) is 3.74. The fraction of sp³-hybridized carbons (Fsp3) is 0.625. The van der Waals surface area contributed by atoms with Gasteiger partial charge in [-0.05, 0) is 55.7 Å². The van der Waals surface area contributed by atoms with Crippen molar-refractivity contribution < 1.29 is 0 Å². The second-order valence-electron chi connectivity index (χ2n) is 5.72. The minimum atomic E-state index is 0.463. The number of aryl methyl sites for hydroxylation is 1. The molecule has 1 atom stereocenters. The first-order chi connectivity index (χ1) is 8.37. The number of hydrogen-bond acceptors (Lipinski definition) is 1. The highest BCUT2D eigenvalue weighted by molar-refractivity contribution is 5.39. The Bertz CT molecular complexity index is 394. The minimum Gasteiger partial charge on any atom is -0.316 e. The van der Waals surface area contributed by atoms with Crippen molar-refractivity contribution in [2.24, 2.45) is 5.92 Å². The highest BCUT2D eigenvalue weighted by Crippen LogP contribution is 2.52. The minimum absolute atomic E-state index is 0.463. The van der Waals surface area contributed by atoms with Gasteiger partial charge in [-0.3, -0.25) is 0 Å². The van der Waals surface area contributed by atoms with Gasteiger partial charge in [0.05, 0.1) is 0 Å². The van der Waals surface area contributed by atoms with Crippen molar-refractivity contribution in [3.8, 4) is 0 Å². The van der Waals surface area contributed by atoms with E-state index >= 15 is 0 Å². The van der Waals surface area contributed by atoms with Crippen LogP contribution in [0.5, 0.6) is 0 Å². The normalized spacial score (nSPS) is 27.8. The summed E-state index contributed by atoms with van der Waals surface area (Å²) >= 11 is 0. The Balaban J connectivity index is 1.98. The SMILES string of the molecule is CCNCC1(C2CC2)CCCc2ccccc21. The molecule has 0 radical (unpaired) electrons. The Kier molecular flexibility index (Phi) is 2.96.